The van der Waals surface area contributed by atoms with Crippen molar-refractivity contribution in [3.8, 4) is 5.75 Å². The van der Waals surface area contributed by atoms with Gasteiger partial charge in [-0.1, -0.05) is 31.5 Å². The molecule has 0 aliphatic carbocycles. The predicted octanol–water partition coefficient (Wildman–Crippen LogP) is 2.88. The topological polar surface area (TPSA) is 40.5 Å². The molecule has 0 aromatic heterocycles. The highest BCUT2D eigenvalue weighted by Gasteiger charge is 2.19. The van der Waals surface area contributed by atoms with Crippen molar-refractivity contribution in [1.29, 1.82) is 0 Å². The molecule has 1 atom stereocenters. The highest BCUT2D eigenvalue weighted by molar-refractivity contribution is 5.31. The highest BCUT2D eigenvalue weighted by Crippen LogP contribution is 2.23. The van der Waals surface area contributed by atoms with Gasteiger partial charge in [-0.2, -0.15) is 0 Å². The molecule has 2 heteroatoms. The highest BCUT2D eigenvalue weighted by atomic mass is 16.3. The summed E-state index contributed by atoms with van der Waals surface area (Å²) in [5, 5.41) is 19.5. The SMILES string of the molecule is CCCC(C)(O)CCc1ccccc1O. The number of para-hydroxylation sites is 1. The Morgan fingerprint density at radius 1 is 1.20 bits per heavy atom. The Balaban J connectivity index is 2.53. The summed E-state index contributed by atoms with van der Waals surface area (Å²) in [6.07, 6.45) is 3.20. The average molecular weight is 208 g/mol. The van der Waals surface area contributed by atoms with Crippen LogP contribution in [0.1, 0.15) is 38.7 Å². The van der Waals surface area contributed by atoms with Crippen molar-refractivity contribution in [3.05, 3.63) is 29.8 Å². The van der Waals surface area contributed by atoms with Crippen LogP contribution in [0.25, 0.3) is 0 Å². The van der Waals surface area contributed by atoms with Crippen LogP contribution in [-0.4, -0.2) is 15.8 Å². The number of aryl methyl sites for hydroxylation is 1. The second kappa shape index (κ2) is 5.17. The summed E-state index contributed by atoms with van der Waals surface area (Å²) in [6.45, 7) is 3.92. The predicted molar refractivity (Wildman–Crippen MR) is 62.0 cm³/mol. The maximum Gasteiger partial charge on any atom is 0.118 e. The number of phenols is 1. The Morgan fingerprint density at radius 2 is 1.87 bits per heavy atom. The Hall–Kier alpha value is -1.02. The van der Waals surface area contributed by atoms with Crippen LogP contribution in [0, 0.1) is 0 Å². The van der Waals surface area contributed by atoms with E-state index in [1.54, 1.807) is 6.07 Å². The minimum atomic E-state index is -0.614. The molecule has 0 heterocycles. The molecule has 1 aromatic carbocycles. The number of hydrogen-bond donors (Lipinski definition) is 2. The van der Waals surface area contributed by atoms with Gasteiger partial charge in [0, 0.05) is 0 Å². The van der Waals surface area contributed by atoms with E-state index < -0.39 is 5.60 Å². The Morgan fingerprint density at radius 3 is 2.47 bits per heavy atom. The fourth-order valence-corrected chi connectivity index (χ4v) is 1.79. The van der Waals surface area contributed by atoms with E-state index in [0.717, 1.165) is 24.8 Å². The first-order chi connectivity index (χ1) is 7.05. The molecule has 84 valence electrons. The summed E-state index contributed by atoms with van der Waals surface area (Å²) in [7, 11) is 0. The van der Waals surface area contributed by atoms with Crippen molar-refractivity contribution in [3.63, 3.8) is 0 Å². The minimum Gasteiger partial charge on any atom is -0.508 e. The van der Waals surface area contributed by atoms with E-state index in [4.69, 9.17) is 0 Å². The zero-order valence-electron chi connectivity index (χ0n) is 9.53. The Labute approximate surface area is 91.6 Å². The van der Waals surface area contributed by atoms with E-state index >= 15 is 0 Å². The van der Waals surface area contributed by atoms with E-state index in [9.17, 15) is 10.2 Å². The van der Waals surface area contributed by atoms with E-state index in [-0.39, 0.29) is 0 Å². The van der Waals surface area contributed by atoms with Gasteiger partial charge in [-0.3, -0.25) is 0 Å². The normalized spacial score (nSPS) is 14.9. The molecule has 2 nitrogen and oxygen atoms in total. The van der Waals surface area contributed by atoms with Crippen molar-refractivity contribution >= 4 is 0 Å². The van der Waals surface area contributed by atoms with Crippen LogP contribution in [0.4, 0.5) is 0 Å². The van der Waals surface area contributed by atoms with Crippen LogP contribution in [0.2, 0.25) is 0 Å². The molecule has 15 heavy (non-hydrogen) atoms. The van der Waals surface area contributed by atoms with Crippen molar-refractivity contribution in [2.45, 2.75) is 45.1 Å². The lowest BCUT2D eigenvalue weighted by molar-refractivity contribution is 0.0415. The fraction of sp³-hybridized carbons (Fsp3) is 0.538. The van der Waals surface area contributed by atoms with Gasteiger partial charge in [-0.15, -0.1) is 0 Å². The molecule has 1 rings (SSSR count). The monoisotopic (exact) mass is 208 g/mol. The van der Waals surface area contributed by atoms with Gasteiger partial charge in [0.15, 0.2) is 0 Å². The van der Waals surface area contributed by atoms with Gasteiger partial charge in [0.1, 0.15) is 5.75 Å². The first kappa shape index (κ1) is 12.1. The van der Waals surface area contributed by atoms with Crippen LogP contribution in [0.15, 0.2) is 24.3 Å². The standard InChI is InChI=1S/C13H20O2/c1-3-9-13(2,15)10-8-11-6-4-5-7-12(11)14/h4-7,14-15H,3,8-10H2,1-2H3. The van der Waals surface area contributed by atoms with Crippen molar-refractivity contribution < 1.29 is 10.2 Å². The van der Waals surface area contributed by atoms with E-state index in [1.807, 2.05) is 25.1 Å². The molecular weight excluding hydrogens is 188 g/mol. The molecule has 0 fully saturated rings. The molecule has 0 saturated carbocycles. The lowest BCUT2D eigenvalue weighted by Gasteiger charge is -2.22. The second-order valence-electron chi connectivity index (χ2n) is 4.38. The Kier molecular flexibility index (Phi) is 4.15. The fourth-order valence-electron chi connectivity index (χ4n) is 1.79. The number of hydrogen-bond acceptors (Lipinski definition) is 2. The first-order valence-corrected chi connectivity index (χ1v) is 5.54. The summed E-state index contributed by atoms with van der Waals surface area (Å²) < 4.78 is 0. The smallest absolute Gasteiger partial charge is 0.118 e. The zero-order valence-corrected chi connectivity index (χ0v) is 9.53. The number of phenolic OH excluding ortho intramolecular Hbond substituents is 1. The molecule has 0 aliphatic rings. The van der Waals surface area contributed by atoms with Crippen LogP contribution in [0.5, 0.6) is 5.75 Å². The molecule has 2 N–H and O–H groups in total. The molecule has 0 radical (unpaired) electrons. The molecule has 0 saturated heterocycles. The molecule has 1 unspecified atom stereocenters. The zero-order chi connectivity index (χ0) is 11.3. The van der Waals surface area contributed by atoms with Crippen LogP contribution in [0.3, 0.4) is 0 Å². The van der Waals surface area contributed by atoms with E-state index in [0.29, 0.717) is 12.2 Å². The Bertz CT molecular complexity index is 305. The van der Waals surface area contributed by atoms with Crippen LogP contribution in [-0.2, 0) is 6.42 Å². The number of aromatic hydroxyl groups is 1. The first-order valence-electron chi connectivity index (χ1n) is 5.54. The maximum absolute atomic E-state index is 9.99. The third-order valence-electron chi connectivity index (χ3n) is 2.71. The quantitative estimate of drug-likeness (QED) is 0.781. The van der Waals surface area contributed by atoms with Gasteiger partial charge < -0.3 is 10.2 Å². The molecule has 0 spiro atoms. The summed E-state index contributed by atoms with van der Waals surface area (Å²) in [6, 6.07) is 7.30. The number of aliphatic hydroxyl groups is 1. The van der Waals surface area contributed by atoms with Crippen LogP contribution < -0.4 is 0 Å². The van der Waals surface area contributed by atoms with Gasteiger partial charge >= 0.3 is 0 Å². The van der Waals surface area contributed by atoms with Crippen LogP contribution >= 0.6 is 0 Å². The van der Waals surface area contributed by atoms with Gasteiger partial charge in [0.25, 0.3) is 0 Å². The lowest BCUT2D eigenvalue weighted by Crippen LogP contribution is -2.24. The van der Waals surface area contributed by atoms with Crippen molar-refractivity contribution in [1.82, 2.24) is 0 Å². The minimum absolute atomic E-state index is 0.324. The molecular formula is C13H20O2. The van der Waals surface area contributed by atoms with E-state index in [2.05, 4.69) is 6.92 Å². The maximum atomic E-state index is 9.99. The van der Waals surface area contributed by atoms with Gasteiger partial charge in [-0.25, -0.2) is 0 Å². The largest absolute Gasteiger partial charge is 0.508 e. The lowest BCUT2D eigenvalue weighted by atomic mass is 9.92. The molecule has 0 aliphatic heterocycles. The van der Waals surface area contributed by atoms with E-state index in [1.165, 1.54) is 0 Å². The number of benzene rings is 1. The summed E-state index contributed by atoms with van der Waals surface area (Å²) in [4.78, 5) is 0. The third-order valence-corrected chi connectivity index (χ3v) is 2.71. The van der Waals surface area contributed by atoms with Gasteiger partial charge in [0.05, 0.1) is 5.60 Å². The summed E-state index contributed by atoms with van der Waals surface area (Å²) in [5.41, 5.74) is 0.297. The molecule has 0 bridgehead atoms. The van der Waals surface area contributed by atoms with Crippen molar-refractivity contribution in [2.24, 2.45) is 0 Å². The second-order valence-corrected chi connectivity index (χ2v) is 4.38. The third kappa shape index (κ3) is 3.92. The molecule has 1 aromatic rings. The van der Waals surface area contributed by atoms with Gasteiger partial charge in [-0.05, 0) is 37.8 Å². The van der Waals surface area contributed by atoms with Crippen molar-refractivity contribution in [2.75, 3.05) is 0 Å². The average Bonchev–Trinajstić information content (AvgIpc) is 2.16. The number of rotatable bonds is 5. The summed E-state index contributed by atoms with van der Waals surface area (Å²) >= 11 is 0. The summed E-state index contributed by atoms with van der Waals surface area (Å²) in [5.74, 6) is 0.324. The molecule has 0 amide bonds. The van der Waals surface area contributed by atoms with Gasteiger partial charge in [0.2, 0.25) is 0 Å².